The Balaban J connectivity index is 0.00000242. The SMILES string of the molecule is CC(C)(C)c1ccccc1OCC=CCN1CCOCC1.Cl. The van der Waals surface area contributed by atoms with Crippen LogP contribution >= 0.6 is 12.4 Å². The smallest absolute Gasteiger partial charge is 0.123 e. The van der Waals surface area contributed by atoms with Gasteiger partial charge in [-0.15, -0.1) is 12.4 Å². The number of rotatable bonds is 5. The summed E-state index contributed by atoms with van der Waals surface area (Å²) in [6.07, 6.45) is 4.29. The molecule has 1 aliphatic heterocycles. The Bertz CT molecular complexity index is 462. The van der Waals surface area contributed by atoms with Crippen LogP contribution in [-0.4, -0.2) is 44.4 Å². The second kappa shape index (κ2) is 9.19. The molecule has 124 valence electrons. The van der Waals surface area contributed by atoms with E-state index < -0.39 is 0 Å². The number of ether oxygens (including phenoxy) is 2. The third-order valence-electron chi connectivity index (χ3n) is 3.66. The van der Waals surface area contributed by atoms with Gasteiger partial charge in [0.25, 0.3) is 0 Å². The van der Waals surface area contributed by atoms with Gasteiger partial charge in [0.05, 0.1) is 13.2 Å². The molecule has 0 saturated carbocycles. The van der Waals surface area contributed by atoms with Crippen molar-refractivity contribution in [3.8, 4) is 5.75 Å². The summed E-state index contributed by atoms with van der Waals surface area (Å²) in [4.78, 5) is 2.39. The van der Waals surface area contributed by atoms with Crippen LogP contribution in [0.5, 0.6) is 5.75 Å². The lowest BCUT2D eigenvalue weighted by Crippen LogP contribution is -2.36. The Labute approximate surface area is 140 Å². The first-order chi connectivity index (χ1) is 10.1. The molecule has 0 radical (unpaired) electrons. The minimum absolute atomic E-state index is 0. The summed E-state index contributed by atoms with van der Waals surface area (Å²) >= 11 is 0. The number of halogens is 1. The maximum Gasteiger partial charge on any atom is 0.123 e. The maximum absolute atomic E-state index is 5.92. The fourth-order valence-electron chi connectivity index (χ4n) is 2.43. The predicted molar refractivity (Wildman–Crippen MR) is 94.3 cm³/mol. The van der Waals surface area contributed by atoms with Crippen molar-refractivity contribution in [2.75, 3.05) is 39.5 Å². The molecule has 0 aromatic heterocycles. The van der Waals surface area contributed by atoms with Gasteiger partial charge < -0.3 is 9.47 Å². The number of hydrogen-bond acceptors (Lipinski definition) is 3. The molecule has 2 rings (SSSR count). The average molecular weight is 326 g/mol. The normalized spacial score (nSPS) is 16.5. The number of nitrogens with zero attached hydrogens (tertiary/aromatic N) is 1. The molecule has 22 heavy (non-hydrogen) atoms. The van der Waals surface area contributed by atoms with E-state index in [4.69, 9.17) is 9.47 Å². The van der Waals surface area contributed by atoms with Crippen LogP contribution in [0.25, 0.3) is 0 Å². The van der Waals surface area contributed by atoms with Crippen molar-refractivity contribution in [2.45, 2.75) is 26.2 Å². The van der Waals surface area contributed by atoms with Gasteiger partial charge in [0.2, 0.25) is 0 Å². The Kier molecular flexibility index (Phi) is 7.94. The van der Waals surface area contributed by atoms with Gasteiger partial charge >= 0.3 is 0 Å². The highest BCUT2D eigenvalue weighted by Gasteiger charge is 2.17. The second-order valence-corrected chi connectivity index (χ2v) is 6.44. The Morgan fingerprint density at radius 1 is 1.14 bits per heavy atom. The Hall–Kier alpha value is -1.03. The van der Waals surface area contributed by atoms with Crippen LogP contribution in [0.1, 0.15) is 26.3 Å². The van der Waals surface area contributed by atoms with E-state index in [1.807, 2.05) is 6.07 Å². The van der Waals surface area contributed by atoms with Crippen molar-refractivity contribution in [1.29, 1.82) is 0 Å². The van der Waals surface area contributed by atoms with Crippen molar-refractivity contribution in [2.24, 2.45) is 0 Å². The molecule has 4 heteroatoms. The van der Waals surface area contributed by atoms with Gasteiger partial charge in [0, 0.05) is 19.6 Å². The van der Waals surface area contributed by atoms with Crippen LogP contribution in [-0.2, 0) is 10.2 Å². The van der Waals surface area contributed by atoms with Gasteiger partial charge in [-0.2, -0.15) is 0 Å². The number of morpholine rings is 1. The third-order valence-corrected chi connectivity index (χ3v) is 3.66. The zero-order valence-corrected chi connectivity index (χ0v) is 14.7. The number of benzene rings is 1. The summed E-state index contributed by atoms with van der Waals surface area (Å²) in [6, 6.07) is 8.30. The highest BCUT2D eigenvalue weighted by Crippen LogP contribution is 2.30. The minimum Gasteiger partial charge on any atom is -0.489 e. The van der Waals surface area contributed by atoms with E-state index in [9.17, 15) is 0 Å². The quantitative estimate of drug-likeness (QED) is 0.771. The van der Waals surface area contributed by atoms with Crippen LogP contribution in [0.4, 0.5) is 0 Å². The monoisotopic (exact) mass is 325 g/mol. The van der Waals surface area contributed by atoms with E-state index in [2.05, 4.69) is 56.0 Å². The molecule has 1 fully saturated rings. The van der Waals surface area contributed by atoms with Crippen molar-refractivity contribution in [3.05, 3.63) is 42.0 Å². The molecule has 1 saturated heterocycles. The first kappa shape index (κ1) is 19.0. The number of hydrogen-bond donors (Lipinski definition) is 0. The highest BCUT2D eigenvalue weighted by atomic mass is 35.5. The molecule has 0 unspecified atom stereocenters. The molecule has 0 N–H and O–H groups in total. The maximum atomic E-state index is 5.92. The van der Waals surface area contributed by atoms with Gasteiger partial charge in [-0.25, -0.2) is 0 Å². The van der Waals surface area contributed by atoms with Gasteiger partial charge in [-0.1, -0.05) is 51.1 Å². The molecule has 1 heterocycles. The van der Waals surface area contributed by atoms with Crippen LogP contribution in [0.2, 0.25) is 0 Å². The third kappa shape index (κ3) is 5.99. The van der Waals surface area contributed by atoms with Gasteiger partial charge in [-0.05, 0) is 17.0 Å². The molecule has 1 aromatic rings. The molecular weight excluding hydrogens is 298 g/mol. The van der Waals surface area contributed by atoms with Crippen LogP contribution in [0.15, 0.2) is 36.4 Å². The topological polar surface area (TPSA) is 21.7 Å². The standard InChI is InChI=1S/C18H27NO2.ClH/c1-18(2,3)16-8-4-5-9-17(16)21-13-7-6-10-19-11-14-20-15-12-19;/h4-9H,10-15H2,1-3H3;1H. The largest absolute Gasteiger partial charge is 0.489 e. The van der Waals surface area contributed by atoms with E-state index in [1.165, 1.54) is 5.56 Å². The molecule has 0 bridgehead atoms. The van der Waals surface area contributed by atoms with Crippen molar-refractivity contribution < 1.29 is 9.47 Å². The highest BCUT2D eigenvalue weighted by molar-refractivity contribution is 5.85. The summed E-state index contributed by atoms with van der Waals surface area (Å²) in [5.41, 5.74) is 1.36. The summed E-state index contributed by atoms with van der Waals surface area (Å²) < 4.78 is 11.3. The zero-order valence-electron chi connectivity index (χ0n) is 13.9. The lowest BCUT2D eigenvalue weighted by Gasteiger charge is -2.25. The van der Waals surface area contributed by atoms with Crippen LogP contribution in [0, 0.1) is 0 Å². The van der Waals surface area contributed by atoms with Crippen LogP contribution in [0.3, 0.4) is 0 Å². The Morgan fingerprint density at radius 2 is 1.82 bits per heavy atom. The van der Waals surface area contributed by atoms with E-state index >= 15 is 0 Å². The van der Waals surface area contributed by atoms with Gasteiger partial charge in [-0.3, -0.25) is 4.90 Å². The molecule has 1 aromatic carbocycles. The lowest BCUT2D eigenvalue weighted by atomic mass is 9.86. The first-order valence-electron chi connectivity index (χ1n) is 7.75. The van der Waals surface area contributed by atoms with Crippen LogP contribution < -0.4 is 4.74 Å². The van der Waals surface area contributed by atoms with E-state index in [-0.39, 0.29) is 17.8 Å². The van der Waals surface area contributed by atoms with E-state index in [0.29, 0.717) is 6.61 Å². The van der Waals surface area contributed by atoms with Crippen molar-refractivity contribution >= 4 is 12.4 Å². The average Bonchev–Trinajstić information content (AvgIpc) is 2.47. The van der Waals surface area contributed by atoms with Crippen molar-refractivity contribution in [1.82, 2.24) is 4.90 Å². The van der Waals surface area contributed by atoms with E-state index in [1.54, 1.807) is 0 Å². The van der Waals surface area contributed by atoms with Gasteiger partial charge in [0.1, 0.15) is 12.4 Å². The molecule has 0 aliphatic carbocycles. The van der Waals surface area contributed by atoms with Crippen molar-refractivity contribution in [3.63, 3.8) is 0 Å². The first-order valence-corrected chi connectivity index (χ1v) is 7.75. The molecule has 3 nitrogen and oxygen atoms in total. The summed E-state index contributed by atoms with van der Waals surface area (Å²) in [7, 11) is 0. The number of para-hydroxylation sites is 1. The Morgan fingerprint density at radius 3 is 2.50 bits per heavy atom. The lowest BCUT2D eigenvalue weighted by molar-refractivity contribution is 0.0434. The summed E-state index contributed by atoms with van der Waals surface area (Å²) in [5, 5.41) is 0. The fourth-order valence-corrected chi connectivity index (χ4v) is 2.43. The summed E-state index contributed by atoms with van der Waals surface area (Å²) in [6.45, 7) is 12.0. The molecule has 0 spiro atoms. The molecule has 0 atom stereocenters. The summed E-state index contributed by atoms with van der Waals surface area (Å²) in [5.74, 6) is 0.987. The van der Waals surface area contributed by atoms with Gasteiger partial charge in [0.15, 0.2) is 0 Å². The zero-order chi connectivity index (χ0) is 15.1. The van der Waals surface area contributed by atoms with E-state index in [0.717, 1.165) is 38.6 Å². The predicted octanol–water partition coefficient (Wildman–Crippen LogP) is 3.67. The minimum atomic E-state index is 0. The molecular formula is C18H28ClNO2. The fraction of sp³-hybridized carbons (Fsp3) is 0.556. The molecule has 0 amide bonds. The molecule has 1 aliphatic rings. The second-order valence-electron chi connectivity index (χ2n) is 6.44.